The third kappa shape index (κ3) is 0.807. The number of rotatable bonds is 1. The van der Waals surface area contributed by atoms with E-state index in [0.717, 1.165) is 5.92 Å². The molecule has 1 saturated carbocycles. The molecule has 0 aromatic heterocycles. The Kier molecular flexibility index (Phi) is 1.34. The van der Waals surface area contributed by atoms with E-state index >= 15 is 0 Å². The van der Waals surface area contributed by atoms with E-state index in [0.29, 0.717) is 12.0 Å². The number of hydrogen-bond donors (Lipinski definition) is 1. The Balaban J connectivity index is 2.09. The maximum Gasteiger partial charge on any atom is 0.0493 e. The Labute approximate surface area is 61.8 Å². The van der Waals surface area contributed by atoms with Crippen LogP contribution in [0.1, 0.15) is 25.7 Å². The Morgan fingerprint density at radius 1 is 1.60 bits per heavy atom. The standard InChI is InChI=1S/C9H14O/c10-7-9-5-3-1-2-4-8(9)6-9/h2,4,8,10H,1,3,5-7H2/t8-,9+/m0/s1. The molecule has 2 atom stereocenters. The Hall–Kier alpha value is -0.300. The van der Waals surface area contributed by atoms with E-state index in [1.165, 1.54) is 25.7 Å². The summed E-state index contributed by atoms with van der Waals surface area (Å²) >= 11 is 0. The summed E-state index contributed by atoms with van der Waals surface area (Å²) in [6.45, 7) is 0.405. The van der Waals surface area contributed by atoms with Gasteiger partial charge in [0.1, 0.15) is 0 Å². The first-order chi connectivity index (χ1) is 4.87. The molecule has 0 bridgehead atoms. The largest absolute Gasteiger partial charge is 0.396 e. The number of hydrogen-bond acceptors (Lipinski definition) is 1. The van der Waals surface area contributed by atoms with Gasteiger partial charge in [0.2, 0.25) is 0 Å². The van der Waals surface area contributed by atoms with Crippen LogP contribution in [0.15, 0.2) is 12.2 Å². The summed E-state index contributed by atoms with van der Waals surface area (Å²) in [6.07, 6.45) is 9.53. The number of aliphatic hydroxyl groups is 1. The fraction of sp³-hybridized carbons (Fsp3) is 0.778. The molecule has 0 unspecified atom stereocenters. The first kappa shape index (κ1) is 6.41. The fourth-order valence-electron chi connectivity index (χ4n) is 2.03. The molecule has 0 aromatic rings. The van der Waals surface area contributed by atoms with E-state index in [4.69, 9.17) is 5.11 Å². The maximum absolute atomic E-state index is 9.08. The van der Waals surface area contributed by atoms with Crippen LogP contribution in [-0.4, -0.2) is 11.7 Å². The highest BCUT2D eigenvalue weighted by atomic mass is 16.3. The molecule has 0 aliphatic heterocycles. The van der Waals surface area contributed by atoms with Gasteiger partial charge < -0.3 is 5.11 Å². The molecule has 2 aliphatic carbocycles. The molecule has 0 heterocycles. The zero-order valence-corrected chi connectivity index (χ0v) is 6.21. The minimum atomic E-state index is 0.340. The van der Waals surface area contributed by atoms with Crippen LogP contribution in [0.3, 0.4) is 0 Å². The minimum Gasteiger partial charge on any atom is -0.396 e. The van der Waals surface area contributed by atoms with Crippen molar-refractivity contribution < 1.29 is 5.11 Å². The van der Waals surface area contributed by atoms with E-state index in [1.54, 1.807) is 0 Å². The Bertz CT molecular complexity index is 162. The summed E-state index contributed by atoms with van der Waals surface area (Å²) in [6, 6.07) is 0. The molecular weight excluding hydrogens is 124 g/mol. The molecule has 0 aromatic carbocycles. The van der Waals surface area contributed by atoms with Crippen molar-refractivity contribution in [2.45, 2.75) is 25.7 Å². The van der Waals surface area contributed by atoms with Gasteiger partial charge in [-0.25, -0.2) is 0 Å². The molecule has 1 nitrogen and oxygen atoms in total. The van der Waals surface area contributed by atoms with Crippen molar-refractivity contribution in [3.63, 3.8) is 0 Å². The lowest BCUT2D eigenvalue weighted by molar-refractivity contribution is 0.194. The Morgan fingerprint density at radius 3 is 3.30 bits per heavy atom. The number of allylic oxidation sites excluding steroid dienone is 2. The van der Waals surface area contributed by atoms with Gasteiger partial charge in [-0.1, -0.05) is 12.2 Å². The molecule has 2 aliphatic rings. The highest BCUT2D eigenvalue weighted by molar-refractivity contribution is 5.13. The van der Waals surface area contributed by atoms with Crippen molar-refractivity contribution in [2.24, 2.45) is 11.3 Å². The third-order valence-electron chi connectivity index (χ3n) is 2.98. The van der Waals surface area contributed by atoms with Crippen molar-refractivity contribution in [1.82, 2.24) is 0 Å². The van der Waals surface area contributed by atoms with Crippen LogP contribution < -0.4 is 0 Å². The zero-order chi connectivity index (χ0) is 7.03. The summed E-state index contributed by atoms with van der Waals surface area (Å²) in [4.78, 5) is 0. The van der Waals surface area contributed by atoms with E-state index < -0.39 is 0 Å². The maximum atomic E-state index is 9.08. The summed E-state index contributed by atoms with van der Waals surface area (Å²) in [5, 5.41) is 9.08. The van der Waals surface area contributed by atoms with Crippen LogP contribution in [0, 0.1) is 11.3 Å². The van der Waals surface area contributed by atoms with Crippen molar-refractivity contribution >= 4 is 0 Å². The van der Waals surface area contributed by atoms with Crippen molar-refractivity contribution in [3.8, 4) is 0 Å². The lowest BCUT2D eigenvalue weighted by Gasteiger charge is -2.09. The quantitative estimate of drug-likeness (QED) is 0.547. The zero-order valence-electron chi connectivity index (χ0n) is 6.21. The predicted molar refractivity (Wildman–Crippen MR) is 40.6 cm³/mol. The topological polar surface area (TPSA) is 20.2 Å². The van der Waals surface area contributed by atoms with Gasteiger partial charge in [0.05, 0.1) is 0 Å². The molecule has 0 amide bonds. The molecule has 1 heteroatoms. The molecule has 56 valence electrons. The number of aliphatic hydroxyl groups excluding tert-OH is 1. The Morgan fingerprint density at radius 2 is 2.50 bits per heavy atom. The van der Waals surface area contributed by atoms with E-state index in [9.17, 15) is 0 Å². The van der Waals surface area contributed by atoms with Gasteiger partial charge in [-0.15, -0.1) is 0 Å². The molecule has 0 radical (unpaired) electrons. The van der Waals surface area contributed by atoms with Crippen LogP contribution in [0.4, 0.5) is 0 Å². The summed E-state index contributed by atoms with van der Waals surface area (Å²) in [5.41, 5.74) is 0.340. The normalized spacial score (nSPS) is 44.3. The SMILES string of the molecule is OC[C@]12CCCC=C[C@H]1C2. The molecule has 1 N–H and O–H groups in total. The molecule has 0 spiro atoms. The second-order valence-electron chi connectivity index (χ2n) is 3.65. The second kappa shape index (κ2) is 2.09. The van der Waals surface area contributed by atoms with Gasteiger partial charge in [0.25, 0.3) is 0 Å². The van der Waals surface area contributed by atoms with Gasteiger partial charge >= 0.3 is 0 Å². The van der Waals surface area contributed by atoms with Crippen molar-refractivity contribution in [1.29, 1.82) is 0 Å². The number of fused-ring (bicyclic) bond motifs is 1. The fourth-order valence-corrected chi connectivity index (χ4v) is 2.03. The molecule has 0 saturated heterocycles. The first-order valence-corrected chi connectivity index (χ1v) is 4.15. The lowest BCUT2D eigenvalue weighted by atomic mass is 9.99. The van der Waals surface area contributed by atoms with Crippen molar-refractivity contribution in [3.05, 3.63) is 12.2 Å². The highest BCUT2D eigenvalue weighted by Crippen LogP contribution is 2.57. The molecule has 2 rings (SSSR count). The van der Waals surface area contributed by atoms with Gasteiger partial charge in [-0.2, -0.15) is 0 Å². The van der Waals surface area contributed by atoms with Gasteiger partial charge in [-0.05, 0) is 31.6 Å². The molecule has 1 fully saturated rings. The summed E-state index contributed by atoms with van der Waals surface area (Å²) in [7, 11) is 0. The van der Waals surface area contributed by atoms with Crippen LogP contribution >= 0.6 is 0 Å². The monoisotopic (exact) mass is 138 g/mol. The highest BCUT2D eigenvalue weighted by Gasteiger charge is 2.51. The van der Waals surface area contributed by atoms with Crippen LogP contribution in [0.25, 0.3) is 0 Å². The van der Waals surface area contributed by atoms with Crippen LogP contribution in [-0.2, 0) is 0 Å². The van der Waals surface area contributed by atoms with Gasteiger partial charge in [0.15, 0.2) is 0 Å². The smallest absolute Gasteiger partial charge is 0.0493 e. The summed E-state index contributed by atoms with van der Waals surface area (Å²) in [5.74, 6) is 0.722. The lowest BCUT2D eigenvalue weighted by Crippen LogP contribution is -2.07. The average Bonchev–Trinajstić information content (AvgIpc) is 2.59. The van der Waals surface area contributed by atoms with E-state index in [1.807, 2.05) is 0 Å². The average molecular weight is 138 g/mol. The van der Waals surface area contributed by atoms with E-state index in [2.05, 4.69) is 12.2 Å². The first-order valence-electron chi connectivity index (χ1n) is 4.15. The third-order valence-corrected chi connectivity index (χ3v) is 2.98. The summed E-state index contributed by atoms with van der Waals surface area (Å²) < 4.78 is 0. The molecular formula is C9H14O. The van der Waals surface area contributed by atoms with Gasteiger partial charge in [-0.3, -0.25) is 0 Å². The second-order valence-corrected chi connectivity index (χ2v) is 3.65. The van der Waals surface area contributed by atoms with Crippen LogP contribution in [0.2, 0.25) is 0 Å². The predicted octanol–water partition coefficient (Wildman–Crippen LogP) is 1.73. The van der Waals surface area contributed by atoms with Crippen LogP contribution in [0.5, 0.6) is 0 Å². The van der Waals surface area contributed by atoms with E-state index in [-0.39, 0.29) is 0 Å². The van der Waals surface area contributed by atoms with Crippen molar-refractivity contribution in [2.75, 3.05) is 6.61 Å². The molecule has 10 heavy (non-hydrogen) atoms. The minimum absolute atomic E-state index is 0.340. The van der Waals surface area contributed by atoms with Gasteiger partial charge in [0, 0.05) is 12.0 Å².